The van der Waals surface area contributed by atoms with Crippen LogP contribution in [0.5, 0.6) is 0 Å². The van der Waals surface area contributed by atoms with Crippen molar-refractivity contribution in [2.24, 2.45) is 0 Å². The van der Waals surface area contributed by atoms with E-state index in [2.05, 4.69) is 74.6 Å². The summed E-state index contributed by atoms with van der Waals surface area (Å²) in [6.07, 6.45) is 1.92. The number of nitrogens with one attached hydrogen (secondary N) is 1. The van der Waals surface area contributed by atoms with E-state index in [1.54, 1.807) is 11.3 Å². The number of rotatable bonds is 5. The predicted molar refractivity (Wildman–Crippen MR) is 132 cm³/mol. The van der Waals surface area contributed by atoms with Gasteiger partial charge in [0.2, 0.25) is 0 Å². The average molecular weight is 438 g/mol. The first kappa shape index (κ1) is 20.3. The predicted octanol–water partition coefficient (Wildman–Crippen LogP) is 6.61. The van der Waals surface area contributed by atoms with E-state index in [9.17, 15) is 0 Å². The average Bonchev–Trinajstić information content (AvgIpc) is 3.27. The standard InChI is InChI=1S/C26H23N5S/c1-16-7-8-22(14-27-16)20-6-4-5-19(11-20)17(2)29-26-13-24(30-18(3)31-26)21-9-10-23-25(12-21)32-15-28-23/h4-15,17H,1-3H3,(H,29,30,31)/t17-/m0/s1. The fourth-order valence-corrected chi connectivity index (χ4v) is 4.45. The van der Waals surface area contributed by atoms with E-state index in [0.29, 0.717) is 0 Å². The van der Waals surface area contributed by atoms with Gasteiger partial charge in [0.05, 0.1) is 21.4 Å². The molecule has 0 saturated carbocycles. The zero-order valence-electron chi connectivity index (χ0n) is 18.2. The number of aryl methyl sites for hydroxylation is 2. The molecule has 0 amide bonds. The second-order valence-electron chi connectivity index (χ2n) is 7.90. The molecule has 3 heterocycles. The molecule has 158 valence electrons. The van der Waals surface area contributed by atoms with Crippen molar-refractivity contribution in [1.29, 1.82) is 0 Å². The maximum Gasteiger partial charge on any atom is 0.130 e. The van der Waals surface area contributed by atoms with Gasteiger partial charge < -0.3 is 5.32 Å². The van der Waals surface area contributed by atoms with Crippen LogP contribution in [0.3, 0.4) is 0 Å². The van der Waals surface area contributed by atoms with Crippen molar-refractivity contribution in [2.45, 2.75) is 26.8 Å². The van der Waals surface area contributed by atoms with Crippen molar-refractivity contribution in [3.63, 3.8) is 0 Å². The highest BCUT2D eigenvalue weighted by atomic mass is 32.1. The first-order valence-electron chi connectivity index (χ1n) is 10.5. The van der Waals surface area contributed by atoms with Gasteiger partial charge in [0.1, 0.15) is 11.6 Å². The normalized spacial score (nSPS) is 12.1. The number of nitrogens with zero attached hydrogens (tertiary/aromatic N) is 4. The lowest BCUT2D eigenvalue weighted by Gasteiger charge is -2.17. The first-order chi connectivity index (χ1) is 15.5. The molecular formula is C26H23N5S. The number of hydrogen-bond acceptors (Lipinski definition) is 6. The number of aromatic nitrogens is 4. The fraction of sp³-hybridized carbons (Fsp3) is 0.154. The molecular weight excluding hydrogens is 414 g/mol. The lowest BCUT2D eigenvalue weighted by atomic mass is 10.0. The fourth-order valence-electron chi connectivity index (χ4n) is 3.74. The van der Waals surface area contributed by atoms with E-state index in [0.717, 1.165) is 49.9 Å². The molecule has 1 N–H and O–H groups in total. The molecule has 0 radical (unpaired) electrons. The molecule has 0 fully saturated rings. The van der Waals surface area contributed by atoms with Crippen molar-refractivity contribution in [2.75, 3.05) is 5.32 Å². The van der Waals surface area contributed by atoms with Crippen molar-refractivity contribution in [1.82, 2.24) is 19.9 Å². The Balaban J connectivity index is 1.41. The molecule has 0 aliphatic rings. The summed E-state index contributed by atoms with van der Waals surface area (Å²) in [7, 11) is 0. The molecule has 0 aliphatic carbocycles. The van der Waals surface area contributed by atoms with Crippen LogP contribution < -0.4 is 5.32 Å². The van der Waals surface area contributed by atoms with Crippen LogP contribution in [0.15, 0.2) is 72.4 Å². The summed E-state index contributed by atoms with van der Waals surface area (Å²) < 4.78 is 1.16. The number of pyridine rings is 1. The highest BCUT2D eigenvalue weighted by Crippen LogP contribution is 2.28. The van der Waals surface area contributed by atoms with Gasteiger partial charge in [-0.3, -0.25) is 4.98 Å². The molecule has 2 aromatic carbocycles. The van der Waals surface area contributed by atoms with E-state index in [1.165, 1.54) is 5.56 Å². The third kappa shape index (κ3) is 4.22. The molecule has 3 aromatic heterocycles. The summed E-state index contributed by atoms with van der Waals surface area (Å²) in [6.45, 7) is 6.07. The summed E-state index contributed by atoms with van der Waals surface area (Å²) >= 11 is 1.64. The second-order valence-corrected chi connectivity index (χ2v) is 8.79. The second kappa shape index (κ2) is 8.48. The zero-order valence-corrected chi connectivity index (χ0v) is 19.0. The Kier molecular flexibility index (Phi) is 5.37. The Bertz CT molecular complexity index is 1390. The van der Waals surface area contributed by atoms with Gasteiger partial charge in [-0.1, -0.05) is 30.3 Å². The minimum Gasteiger partial charge on any atom is -0.363 e. The van der Waals surface area contributed by atoms with Crippen LogP contribution in [0.1, 0.15) is 30.0 Å². The topological polar surface area (TPSA) is 63.6 Å². The monoisotopic (exact) mass is 437 g/mol. The maximum absolute atomic E-state index is 4.66. The Labute approximate surface area is 191 Å². The summed E-state index contributed by atoms with van der Waals surface area (Å²) in [6, 6.07) is 21.0. The zero-order chi connectivity index (χ0) is 22.1. The van der Waals surface area contributed by atoms with E-state index in [1.807, 2.05) is 43.8 Å². The number of anilines is 1. The van der Waals surface area contributed by atoms with Gasteiger partial charge in [-0.05, 0) is 56.2 Å². The SMILES string of the molecule is Cc1ccc(-c2cccc([C@H](C)Nc3cc(-c4ccc5ncsc5c4)nc(C)n3)c2)cn1. The molecule has 6 heteroatoms. The van der Waals surface area contributed by atoms with Crippen molar-refractivity contribution >= 4 is 27.4 Å². The third-order valence-corrected chi connectivity index (χ3v) is 6.25. The molecule has 0 bridgehead atoms. The van der Waals surface area contributed by atoms with Crippen LogP contribution >= 0.6 is 11.3 Å². The van der Waals surface area contributed by atoms with Crippen LogP contribution in [-0.2, 0) is 0 Å². The molecule has 0 saturated heterocycles. The maximum atomic E-state index is 4.66. The van der Waals surface area contributed by atoms with Crippen molar-refractivity contribution in [3.05, 3.63) is 89.5 Å². The quantitative estimate of drug-likeness (QED) is 0.335. The van der Waals surface area contributed by atoms with Gasteiger partial charge in [-0.15, -0.1) is 11.3 Å². The smallest absolute Gasteiger partial charge is 0.130 e. The summed E-state index contributed by atoms with van der Waals surface area (Å²) in [4.78, 5) is 18.1. The van der Waals surface area contributed by atoms with Gasteiger partial charge in [-0.2, -0.15) is 0 Å². The lowest BCUT2D eigenvalue weighted by Crippen LogP contribution is -2.09. The Morgan fingerprint density at radius 1 is 0.844 bits per heavy atom. The number of hydrogen-bond donors (Lipinski definition) is 1. The number of thiazole rings is 1. The largest absolute Gasteiger partial charge is 0.363 e. The van der Waals surface area contributed by atoms with Gasteiger partial charge in [-0.25, -0.2) is 15.0 Å². The minimum atomic E-state index is 0.0829. The van der Waals surface area contributed by atoms with Gasteiger partial charge in [0.25, 0.3) is 0 Å². The molecule has 0 spiro atoms. The Morgan fingerprint density at radius 3 is 2.56 bits per heavy atom. The van der Waals surface area contributed by atoms with Crippen molar-refractivity contribution in [3.8, 4) is 22.4 Å². The van der Waals surface area contributed by atoms with E-state index in [4.69, 9.17) is 0 Å². The van der Waals surface area contributed by atoms with Crippen LogP contribution in [0.4, 0.5) is 5.82 Å². The van der Waals surface area contributed by atoms with Gasteiger partial charge in [0, 0.05) is 35.1 Å². The molecule has 5 aromatic rings. The van der Waals surface area contributed by atoms with Crippen LogP contribution in [0, 0.1) is 13.8 Å². The highest BCUT2D eigenvalue weighted by molar-refractivity contribution is 7.16. The summed E-state index contributed by atoms with van der Waals surface area (Å²) in [5.74, 6) is 1.55. The molecule has 5 rings (SSSR count). The highest BCUT2D eigenvalue weighted by Gasteiger charge is 2.11. The summed E-state index contributed by atoms with van der Waals surface area (Å²) in [5.41, 5.74) is 9.33. The van der Waals surface area contributed by atoms with Gasteiger partial charge in [0.15, 0.2) is 0 Å². The summed E-state index contributed by atoms with van der Waals surface area (Å²) in [5, 5.41) is 3.55. The molecule has 5 nitrogen and oxygen atoms in total. The molecule has 0 unspecified atom stereocenters. The third-order valence-electron chi connectivity index (χ3n) is 5.46. The van der Waals surface area contributed by atoms with Crippen LogP contribution in [0.25, 0.3) is 32.6 Å². The molecule has 1 atom stereocenters. The number of benzene rings is 2. The minimum absolute atomic E-state index is 0.0829. The Hall–Kier alpha value is -3.64. The van der Waals surface area contributed by atoms with E-state index >= 15 is 0 Å². The van der Waals surface area contributed by atoms with E-state index in [-0.39, 0.29) is 6.04 Å². The number of fused-ring (bicyclic) bond motifs is 1. The van der Waals surface area contributed by atoms with Crippen molar-refractivity contribution < 1.29 is 0 Å². The lowest BCUT2D eigenvalue weighted by molar-refractivity contribution is 0.868. The first-order valence-corrected chi connectivity index (χ1v) is 11.4. The van der Waals surface area contributed by atoms with Gasteiger partial charge >= 0.3 is 0 Å². The Morgan fingerprint density at radius 2 is 1.72 bits per heavy atom. The molecule has 0 aliphatic heterocycles. The van der Waals surface area contributed by atoms with E-state index < -0.39 is 0 Å². The van der Waals surface area contributed by atoms with Crippen LogP contribution in [-0.4, -0.2) is 19.9 Å². The van der Waals surface area contributed by atoms with Crippen LogP contribution in [0.2, 0.25) is 0 Å². The molecule has 32 heavy (non-hydrogen) atoms.